The molecule has 1 atom stereocenters. The van der Waals surface area contributed by atoms with Crippen molar-refractivity contribution in [3.8, 4) is 0 Å². The van der Waals surface area contributed by atoms with Gasteiger partial charge in [-0.3, -0.25) is 9.69 Å². The number of nitrogens with two attached hydrogens (primary N) is 1. The average molecular weight is 282 g/mol. The van der Waals surface area contributed by atoms with E-state index in [4.69, 9.17) is 5.73 Å². The summed E-state index contributed by atoms with van der Waals surface area (Å²) >= 11 is 0. The molecule has 1 amide bonds. The highest BCUT2D eigenvalue weighted by molar-refractivity contribution is 5.78. The van der Waals surface area contributed by atoms with Crippen LogP contribution in [0.25, 0.3) is 0 Å². The highest BCUT2D eigenvalue weighted by atomic mass is 16.2. The van der Waals surface area contributed by atoms with Crippen LogP contribution in [0.1, 0.15) is 32.6 Å². The topological polar surface area (TPSA) is 61.6 Å². The third kappa shape index (κ3) is 5.38. The Labute approximate surface area is 122 Å². The van der Waals surface area contributed by atoms with Gasteiger partial charge in [0.1, 0.15) is 0 Å². The van der Waals surface area contributed by atoms with Gasteiger partial charge in [-0.25, -0.2) is 0 Å². The van der Waals surface area contributed by atoms with Gasteiger partial charge >= 0.3 is 0 Å². The summed E-state index contributed by atoms with van der Waals surface area (Å²) in [4.78, 5) is 16.7. The monoisotopic (exact) mass is 282 g/mol. The maximum absolute atomic E-state index is 11.9. The molecule has 2 rings (SSSR count). The van der Waals surface area contributed by atoms with Crippen molar-refractivity contribution in [2.24, 2.45) is 11.7 Å². The van der Waals surface area contributed by atoms with Crippen LogP contribution in [0.3, 0.4) is 0 Å². The van der Waals surface area contributed by atoms with Gasteiger partial charge in [0.05, 0.1) is 6.54 Å². The molecule has 3 N–H and O–H groups in total. The number of rotatable bonds is 6. The van der Waals surface area contributed by atoms with E-state index in [1.54, 1.807) is 0 Å². The molecule has 0 spiro atoms. The van der Waals surface area contributed by atoms with Crippen molar-refractivity contribution >= 4 is 5.91 Å². The number of carbonyl (C=O) groups excluding carboxylic acids is 1. The van der Waals surface area contributed by atoms with Gasteiger partial charge in [-0.2, -0.15) is 0 Å². The SMILES string of the molecule is CC(CNC(=O)CN1CCC(N)CC1)CN1CCCC1. The predicted octanol–water partition coefficient (Wildman–Crippen LogP) is 0.258. The molecule has 5 heteroatoms. The van der Waals surface area contributed by atoms with Crippen molar-refractivity contribution in [2.45, 2.75) is 38.6 Å². The van der Waals surface area contributed by atoms with Gasteiger partial charge in [-0.15, -0.1) is 0 Å². The molecule has 0 aromatic carbocycles. The van der Waals surface area contributed by atoms with Crippen LogP contribution in [-0.2, 0) is 4.79 Å². The first-order valence-corrected chi connectivity index (χ1v) is 8.10. The quantitative estimate of drug-likeness (QED) is 0.733. The number of likely N-dealkylation sites (tertiary alicyclic amines) is 2. The first-order valence-electron chi connectivity index (χ1n) is 8.10. The molecule has 0 aliphatic carbocycles. The van der Waals surface area contributed by atoms with E-state index in [0.29, 0.717) is 18.5 Å². The van der Waals surface area contributed by atoms with Crippen LogP contribution in [0.2, 0.25) is 0 Å². The van der Waals surface area contributed by atoms with Gasteiger partial charge in [0.15, 0.2) is 0 Å². The largest absolute Gasteiger partial charge is 0.355 e. The Hall–Kier alpha value is -0.650. The van der Waals surface area contributed by atoms with Crippen LogP contribution in [0.5, 0.6) is 0 Å². The molecule has 0 aromatic heterocycles. The number of carbonyl (C=O) groups is 1. The van der Waals surface area contributed by atoms with Crippen molar-refractivity contribution < 1.29 is 4.79 Å². The van der Waals surface area contributed by atoms with Crippen molar-refractivity contribution in [3.05, 3.63) is 0 Å². The molecule has 0 radical (unpaired) electrons. The number of nitrogens with zero attached hydrogens (tertiary/aromatic N) is 2. The maximum Gasteiger partial charge on any atom is 0.234 e. The van der Waals surface area contributed by atoms with Crippen LogP contribution in [0.15, 0.2) is 0 Å². The van der Waals surface area contributed by atoms with Crippen LogP contribution in [-0.4, -0.2) is 67.6 Å². The molecular formula is C15H30N4O. The Morgan fingerprint density at radius 3 is 2.50 bits per heavy atom. The second-order valence-corrected chi connectivity index (χ2v) is 6.53. The number of hydrogen-bond donors (Lipinski definition) is 2. The van der Waals surface area contributed by atoms with Gasteiger partial charge in [-0.1, -0.05) is 6.92 Å². The van der Waals surface area contributed by atoms with Crippen molar-refractivity contribution in [2.75, 3.05) is 45.8 Å². The van der Waals surface area contributed by atoms with Crippen LogP contribution in [0, 0.1) is 5.92 Å². The summed E-state index contributed by atoms with van der Waals surface area (Å²) in [5.41, 5.74) is 5.87. The van der Waals surface area contributed by atoms with Crippen molar-refractivity contribution in [3.63, 3.8) is 0 Å². The van der Waals surface area contributed by atoms with Crippen LogP contribution < -0.4 is 11.1 Å². The first-order chi connectivity index (χ1) is 9.63. The molecule has 2 saturated heterocycles. The minimum Gasteiger partial charge on any atom is -0.355 e. The summed E-state index contributed by atoms with van der Waals surface area (Å²) < 4.78 is 0. The van der Waals surface area contributed by atoms with E-state index in [1.807, 2.05) is 0 Å². The molecule has 116 valence electrons. The third-order valence-corrected chi connectivity index (χ3v) is 4.42. The molecule has 2 aliphatic heterocycles. The van der Waals surface area contributed by atoms with Gasteiger partial charge in [-0.05, 0) is 44.7 Å². The second kappa shape index (κ2) is 7.96. The minimum absolute atomic E-state index is 0.161. The predicted molar refractivity (Wildman–Crippen MR) is 81.5 cm³/mol. The molecule has 2 fully saturated rings. The van der Waals surface area contributed by atoms with E-state index in [-0.39, 0.29) is 5.91 Å². The Balaban J connectivity index is 1.57. The minimum atomic E-state index is 0.161. The molecule has 5 nitrogen and oxygen atoms in total. The summed E-state index contributed by atoms with van der Waals surface area (Å²) in [5, 5.41) is 3.08. The smallest absolute Gasteiger partial charge is 0.234 e. The number of nitrogens with one attached hydrogen (secondary N) is 1. The average Bonchev–Trinajstić information content (AvgIpc) is 2.92. The normalized spacial score (nSPS) is 23.9. The Kier molecular flexibility index (Phi) is 6.26. The molecule has 0 aromatic rings. The summed E-state index contributed by atoms with van der Waals surface area (Å²) in [7, 11) is 0. The number of amides is 1. The van der Waals surface area contributed by atoms with Gasteiger partial charge < -0.3 is 16.0 Å². The molecule has 0 saturated carbocycles. The first kappa shape index (κ1) is 15.7. The van der Waals surface area contributed by atoms with E-state index in [1.165, 1.54) is 25.9 Å². The Bertz CT molecular complexity index is 296. The molecule has 1 unspecified atom stereocenters. The maximum atomic E-state index is 11.9. The van der Waals surface area contributed by atoms with Crippen LogP contribution >= 0.6 is 0 Å². The highest BCUT2D eigenvalue weighted by Gasteiger charge is 2.19. The molecule has 20 heavy (non-hydrogen) atoms. The Morgan fingerprint density at radius 2 is 1.85 bits per heavy atom. The summed E-state index contributed by atoms with van der Waals surface area (Å²) in [6.07, 6.45) is 4.68. The summed E-state index contributed by atoms with van der Waals surface area (Å²) in [6, 6.07) is 0.329. The third-order valence-electron chi connectivity index (χ3n) is 4.42. The molecular weight excluding hydrogens is 252 g/mol. The van der Waals surface area contributed by atoms with E-state index in [2.05, 4.69) is 22.0 Å². The molecule has 2 aliphatic rings. The van der Waals surface area contributed by atoms with Crippen molar-refractivity contribution in [1.29, 1.82) is 0 Å². The summed E-state index contributed by atoms with van der Waals surface area (Å²) in [6.45, 7) is 9.03. The van der Waals surface area contributed by atoms with Gasteiger partial charge in [0.2, 0.25) is 5.91 Å². The second-order valence-electron chi connectivity index (χ2n) is 6.53. The molecule has 0 bridgehead atoms. The van der Waals surface area contributed by atoms with E-state index in [9.17, 15) is 4.79 Å². The number of hydrogen-bond acceptors (Lipinski definition) is 4. The standard InChI is InChI=1S/C15H30N4O/c1-13(11-18-6-2-3-7-18)10-17-15(20)12-19-8-4-14(16)5-9-19/h13-14H,2-12,16H2,1H3,(H,17,20). The number of piperidine rings is 1. The fourth-order valence-corrected chi connectivity index (χ4v) is 3.13. The lowest BCUT2D eigenvalue weighted by molar-refractivity contribution is -0.122. The zero-order valence-corrected chi connectivity index (χ0v) is 12.8. The van der Waals surface area contributed by atoms with Crippen molar-refractivity contribution in [1.82, 2.24) is 15.1 Å². The summed E-state index contributed by atoms with van der Waals surface area (Å²) in [5.74, 6) is 0.695. The van der Waals surface area contributed by atoms with Crippen LogP contribution in [0.4, 0.5) is 0 Å². The zero-order chi connectivity index (χ0) is 14.4. The lowest BCUT2D eigenvalue weighted by Gasteiger charge is -2.29. The Morgan fingerprint density at radius 1 is 1.20 bits per heavy atom. The fourth-order valence-electron chi connectivity index (χ4n) is 3.13. The van der Waals surface area contributed by atoms with Gasteiger partial charge in [0.25, 0.3) is 0 Å². The fraction of sp³-hybridized carbons (Fsp3) is 0.933. The van der Waals surface area contributed by atoms with E-state index < -0.39 is 0 Å². The lowest BCUT2D eigenvalue weighted by atomic mass is 10.1. The van der Waals surface area contributed by atoms with Gasteiger partial charge in [0, 0.05) is 32.2 Å². The lowest BCUT2D eigenvalue weighted by Crippen LogP contribution is -2.45. The van der Waals surface area contributed by atoms with E-state index in [0.717, 1.165) is 39.0 Å². The highest BCUT2D eigenvalue weighted by Crippen LogP contribution is 2.10. The van der Waals surface area contributed by atoms with E-state index >= 15 is 0 Å². The zero-order valence-electron chi connectivity index (χ0n) is 12.8. The molecule has 2 heterocycles.